The second kappa shape index (κ2) is 7.77. The van der Waals surface area contributed by atoms with Crippen LogP contribution in [-0.2, 0) is 11.2 Å². The second-order valence-corrected chi connectivity index (χ2v) is 6.05. The molecule has 0 aliphatic rings. The maximum Gasteiger partial charge on any atom is 0.217 e. The molecule has 2 rings (SSSR count). The van der Waals surface area contributed by atoms with Crippen LogP contribution in [0.2, 0.25) is 0 Å². The number of pyridine rings is 1. The smallest absolute Gasteiger partial charge is 0.217 e. The summed E-state index contributed by atoms with van der Waals surface area (Å²) in [7, 11) is 0. The van der Waals surface area contributed by atoms with E-state index in [0.717, 1.165) is 17.5 Å². The molecule has 1 heterocycles. The van der Waals surface area contributed by atoms with Crippen LogP contribution in [0.25, 0.3) is 11.1 Å². The highest BCUT2D eigenvalue weighted by molar-refractivity contribution is 5.73. The van der Waals surface area contributed by atoms with Gasteiger partial charge in [-0.1, -0.05) is 24.3 Å². The van der Waals surface area contributed by atoms with Crippen molar-refractivity contribution < 1.29 is 9.53 Å². The molecule has 0 bridgehead atoms. The lowest BCUT2D eigenvalue weighted by Gasteiger charge is -2.13. The second-order valence-electron chi connectivity index (χ2n) is 6.05. The third-order valence-corrected chi connectivity index (χ3v) is 3.37. The first-order valence-corrected chi connectivity index (χ1v) is 7.93. The Morgan fingerprint density at radius 1 is 1.09 bits per heavy atom. The van der Waals surface area contributed by atoms with Gasteiger partial charge in [-0.05, 0) is 44.4 Å². The molecule has 4 nitrogen and oxygen atoms in total. The van der Waals surface area contributed by atoms with E-state index >= 15 is 0 Å². The van der Waals surface area contributed by atoms with Crippen molar-refractivity contribution in [3.05, 3.63) is 48.2 Å². The molecule has 1 aromatic carbocycles. The van der Waals surface area contributed by atoms with E-state index in [9.17, 15) is 4.79 Å². The molecule has 0 aliphatic carbocycles. The van der Waals surface area contributed by atoms with Gasteiger partial charge in [0.15, 0.2) is 0 Å². The number of ether oxygens (including phenoxy) is 1. The Morgan fingerprint density at radius 2 is 1.74 bits per heavy atom. The van der Waals surface area contributed by atoms with Crippen LogP contribution in [0, 0.1) is 0 Å². The van der Waals surface area contributed by atoms with Gasteiger partial charge in [-0.15, -0.1) is 0 Å². The molecule has 2 aromatic rings. The van der Waals surface area contributed by atoms with Crippen molar-refractivity contribution in [2.45, 2.75) is 46.3 Å². The summed E-state index contributed by atoms with van der Waals surface area (Å²) >= 11 is 0. The summed E-state index contributed by atoms with van der Waals surface area (Å²) in [6.07, 6.45) is 2.77. The van der Waals surface area contributed by atoms with Gasteiger partial charge in [0, 0.05) is 30.8 Å². The molecule has 0 saturated heterocycles. The van der Waals surface area contributed by atoms with E-state index in [2.05, 4.69) is 34.6 Å². The lowest BCUT2D eigenvalue weighted by atomic mass is 10.0. The fourth-order valence-corrected chi connectivity index (χ4v) is 2.45. The zero-order valence-corrected chi connectivity index (χ0v) is 14.2. The van der Waals surface area contributed by atoms with Crippen molar-refractivity contribution in [1.82, 2.24) is 10.3 Å². The van der Waals surface area contributed by atoms with Gasteiger partial charge in [0.05, 0.1) is 6.10 Å². The normalized spacial score (nSPS) is 12.0. The zero-order chi connectivity index (χ0) is 16.8. The van der Waals surface area contributed by atoms with Crippen molar-refractivity contribution in [3.8, 4) is 17.0 Å². The highest BCUT2D eigenvalue weighted by Crippen LogP contribution is 2.21. The highest BCUT2D eigenvalue weighted by Gasteiger charge is 2.06. The number of benzene rings is 1. The van der Waals surface area contributed by atoms with Gasteiger partial charge in [0.1, 0.15) is 0 Å². The van der Waals surface area contributed by atoms with Gasteiger partial charge in [-0.2, -0.15) is 0 Å². The third-order valence-electron chi connectivity index (χ3n) is 3.37. The highest BCUT2D eigenvalue weighted by atomic mass is 16.5. The maximum atomic E-state index is 11.0. The molecular weight excluding hydrogens is 288 g/mol. The van der Waals surface area contributed by atoms with Gasteiger partial charge in [-0.3, -0.25) is 4.79 Å². The number of carbonyl (C=O) groups excluding carboxylic acids is 1. The van der Waals surface area contributed by atoms with E-state index in [-0.39, 0.29) is 18.1 Å². The topological polar surface area (TPSA) is 51.2 Å². The monoisotopic (exact) mass is 312 g/mol. The average molecular weight is 312 g/mol. The minimum absolute atomic E-state index is 0.00361. The van der Waals surface area contributed by atoms with E-state index in [0.29, 0.717) is 5.88 Å². The summed E-state index contributed by atoms with van der Waals surface area (Å²) in [5, 5.41) is 2.90. The SMILES string of the molecule is CC(=O)NC(C)Cc1ccc(-c2ccc(OC(C)C)nc2)cc1. The van der Waals surface area contributed by atoms with Crippen molar-refractivity contribution >= 4 is 5.91 Å². The molecule has 0 saturated carbocycles. The minimum Gasteiger partial charge on any atom is -0.475 e. The molecular formula is C19H24N2O2. The molecule has 1 aromatic heterocycles. The zero-order valence-electron chi connectivity index (χ0n) is 14.2. The minimum atomic E-state index is 0.00361. The molecule has 1 N–H and O–H groups in total. The lowest BCUT2D eigenvalue weighted by molar-refractivity contribution is -0.119. The Labute approximate surface area is 137 Å². The molecule has 0 radical (unpaired) electrons. The lowest BCUT2D eigenvalue weighted by Crippen LogP contribution is -2.31. The quantitative estimate of drug-likeness (QED) is 0.886. The standard InChI is InChI=1S/C19H24N2O2/c1-13(2)23-19-10-9-18(12-20-19)17-7-5-16(6-8-17)11-14(3)21-15(4)22/h5-10,12-14H,11H2,1-4H3,(H,21,22). The Kier molecular flexibility index (Phi) is 5.74. The Balaban J connectivity index is 2.03. The molecule has 1 unspecified atom stereocenters. The molecule has 23 heavy (non-hydrogen) atoms. The van der Waals surface area contributed by atoms with Crippen LogP contribution in [0.3, 0.4) is 0 Å². The third kappa shape index (κ3) is 5.40. The van der Waals surface area contributed by atoms with Crippen molar-refractivity contribution in [3.63, 3.8) is 0 Å². The van der Waals surface area contributed by atoms with E-state index in [1.54, 1.807) is 6.92 Å². The summed E-state index contributed by atoms with van der Waals surface area (Å²) in [6.45, 7) is 7.51. The Hall–Kier alpha value is -2.36. The van der Waals surface area contributed by atoms with Crippen LogP contribution >= 0.6 is 0 Å². The fourth-order valence-electron chi connectivity index (χ4n) is 2.45. The van der Waals surface area contributed by atoms with Crippen LogP contribution in [0.5, 0.6) is 5.88 Å². The first-order chi connectivity index (χ1) is 10.9. The van der Waals surface area contributed by atoms with Crippen LogP contribution in [0.15, 0.2) is 42.6 Å². The van der Waals surface area contributed by atoms with E-state index in [1.165, 1.54) is 5.56 Å². The summed E-state index contributed by atoms with van der Waals surface area (Å²) in [5.74, 6) is 0.647. The Morgan fingerprint density at radius 3 is 2.26 bits per heavy atom. The van der Waals surface area contributed by atoms with Gasteiger partial charge in [-0.25, -0.2) is 4.98 Å². The van der Waals surface area contributed by atoms with E-state index in [4.69, 9.17) is 4.74 Å². The molecule has 1 amide bonds. The van der Waals surface area contributed by atoms with Gasteiger partial charge < -0.3 is 10.1 Å². The van der Waals surface area contributed by atoms with E-state index in [1.807, 2.05) is 39.1 Å². The first-order valence-electron chi connectivity index (χ1n) is 7.93. The van der Waals surface area contributed by atoms with Crippen molar-refractivity contribution in [2.75, 3.05) is 0 Å². The molecule has 1 atom stereocenters. The molecule has 0 fully saturated rings. The predicted molar refractivity (Wildman–Crippen MR) is 92.4 cm³/mol. The summed E-state index contributed by atoms with van der Waals surface area (Å²) in [4.78, 5) is 15.4. The number of carbonyl (C=O) groups is 1. The number of hydrogen-bond acceptors (Lipinski definition) is 3. The van der Waals surface area contributed by atoms with Crippen LogP contribution in [0.4, 0.5) is 0 Å². The number of nitrogens with zero attached hydrogens (tertiary/aromatic N) is 1. The average Bonchev–Trinajstić information content (AvgIpc) is 2.47. The molecule has 0 spiro atoms. The number of aromatic nitrogens is 1. The maximum absolute atomic E-state index is 11.0. The van der Waals surface area contributed by atoms with Crippen molar-refractivity contribution in [1.29, 1.82) is 0 Å². The largest absolute Gasteiger partial charge is 0.475 e. The number of nitrogens with one attached hydrogen (secondary N) is 1. The Bertz CT molecular complexity index is 633. The van der Waals surface area contributed by atoms with E-state index < -0.39 is 0 Å². The van der Waals surface area contributed by atoms with Gasteiger partial charge in [0.2, 0.25) is 11.8 Å². The molecule has 122 valence electrons. The van der Waals surface area contributed by atoms with Crippen LogP contribution in [-0.4, -0.2) is 23.0 Å². The summed E-state index contributed by atoms with van der Waals surface area (Å²) in [5.41, 5.74) is 3.37. The fraction of sp³-hybridized carbons (Fsp3) is 0.368. The van der Waals surface area contributed by atoms with Crippen LogP contribution < -0.4 is 10.1 Å². The molecule has 0 aliphatic heterocycles. The predicted octanol–water partition coefficient (Wildman–Crippen LogP) is 3.60. The van der Waals surface area contributed by atoms with Gasteiger partial charge >= 0.3 is 0 Å². The number of amides is 1. The van der Waals surface area contributed by atoms with Crippen molar-refractivity contribution in [2.24, 2.45) is 0 Å². The summed E-state index contributed by atoms with van der Waals surface area (Å²) < 4.78 is 5.55. The number of hydrogen-bond donors (Lipinski definition) is 1. The molecule has 4 heteroatoms. The first kappa shape index (κ1) is 17.0. The van der Waals surface area contributed by atoms with Gasteiger partial charge in [0.25, 0.3) is 0 Å². The summed E-state index contributed by atoms with van der Waals surface area (Å²) in [6, 6.07) is 12.4. The van der Waals surface area contributed by atoms with Crippen LogP contribution in [0.1, 0.15) is 33.3 Å². The number of rotatable bonds is 6.